The zero-order valence-electron chi connectivity index (χ0n) is 24.8. The van der Waals surface area contributed by atoms with Gasteiger partial charge in [0.15, 0.2) is 0 Å². The van der Waals surface area contributed by atoms with Gasteiger partial charge in [-0.1, -0.05) is 103 Å². The Kier molecular flexibility index (Phi) is 24.2. The number of hydrogen-bond acceptors (Lipinski definition) is 7. The quantitative estimate of drug-likeness (QED) is 0.0353. The molecule has 0 aromatic rings. The number of ether oxygens (including phenoxy) is 3. The molecule has 0 radical (unpaired) electrons. The molecule has 0 aliphatic rings. The fourth-order valence-electron chi connectivity index (χ4n) is 4.02. The molecule has 39 heavy (non-hydrogen) atoms. The highest BCUT2D eigenvalue weighted by atomic mass is 16.6. The second-order valence-electron chi connectivity index (χ2n) is 10.5. The highest BCUT2D eigenvalue weighted by Gasteiger charge is 2.10. The summed E-state index contributed by atoms with van der Waals surface area (Å²) in [5, 5.41) is 0. The van der Waals surface area contributed by atoms with E-state index < -0.39 is 11.9 Å². The molecular weight excluding hydrogens is 496 g/mol. The molecule has 0 aromatic carbocycles. The zero-order chi connectivity index (χ0) is 29.1. The average molecular weight is 551 g/mol. The fraction of sp³-hybridized carbons (Fsp3) is 0.750. The molecule has 0 spiro atoms. The first kappa shape index (κ1) is 36.6. The lowest BCUT2D eigenvalue weighted by molar-refractivity contribution is -0.159. The molecule has 7 nitrogen and oxygen atoms in total. The predicted molar refractivity (Wildman–Crippen MR) is 155 cm³/mol. The van der Waals surface area contributed by atoms with Gasteiger partial charge in [0, 0.05) is 24.0 Å². The Balaban J connectivity index is 3.38. The maximum absolute atomic E-state index is 11.9. The maximum atomic E-state index is 11.9. The molecule has 0 amide bonds. The van der Waals surface area contributed by atoms with Gasteiger partial charge >= 0.3 is 23.9 Å². The molecule has 0 saturated carbocycles. The van der Waals surface area contributed by atoms with Crippen LogP contribution in [0, 0.1) is 0 Å². The summed E-state index contributed by atoms with van der Waals surface area (Å²) in [6.07, 6.45) is 19.4. The summed E-state index contributed by atoms with van der Waals surface area (Å²) in [5.74, 6) is -1.43. The molecular formula is C32H54O7. The Morgan fingerprint density at radius 3 is 0.974 bits per heavy atom. The lowest BCUT2D eigenvalue weighted by Gasteiger charge is -2.05. The van der Waals surface area contributed by atoms with E-state index in [1.54, 1.807) is 13.8 Å². The summed E-state index contributed by atoms with van der Waals surface area (Å²) >= 11 is 0. The molecule has 0 N–H and O–H groups in total. The molecule has 224 valence electrons. The predicted octanol–water partition coefficient (Wildman–Crippen LogP) is 8.10. The number of unbranched alkanes of at least 4 members (excludes halogenated alkanes) is 16. The Bertz CT molecular complexity index is 666. The molecule has 7 heteroatoms. The Labute approximate surface area is 237 Å². The topological polar surface area (TPSA) is 96.0 Å². The summed E-state index contributed by atoms with van der Waals surface area (Å²) in [4.78, 5) is 46.2. The third-order valence-corrected chi connectivity index (χ3v) is 6.44. The van der Waals surface area contributed by atoms with Crippen LogP contribution in [0.4, 0.5) is 0 Å². The summed E-state index contributed by atoms with van der Waals surface area (Å²) in [6, 6.07) is 0. The van der Waals surface area contributed by atoms with E-state index in [2.05, 4.69) is 13.2 Å². The van der Waals surface area contributed by atoms with Gasteiger partial charge < -0.3 is 14.2 Å². The van der Waals surface area contributed by atoms with Crippen LogP contribution in [0.3, 0.4) is 0 Å². The van der Waals surface area contributed by atoms with Gasteiger partial charge in [-0.05, 0) is 39.5 Å². The van der Waals surface area contributed by atoms with E-state index in [1.165, 1.54) is 25.7 Å². The van der Waals surface area contributed by atoms with E-state index in [4.69, 9.17) is 14.2 Å². The zero-order valence-corrected chi connectivity index (χ0v) is 24.8. The number of carbonyl (C=O) groups is 4. The lowest BCUT2D eigenvalue weighted by atomic mass is 10.1. The Morgan fingerprint density at radius 1 is 0.436 bits per heavy atom. The molecule has 0 rings (SSSR count). The van der Waals surface area contributed by atoms with Crippen molar-refractivity contribution in [3.05, 3.63) is 24.3 Å². The van der Waals surface area contributed by atoms with E-state index in [9.17, 15) is 19.2 Å². The van der Waals surface area contributed by atoms with Gasteiger partial charge in [0.25, 0.3) is 0 Å². The monoisotopic (exact) mass is 550 g/mol. The second-order valence-corrected chi connectivity index (χ2v) is 10.5. The highest BCUT2D eigenvalue weighted by molar-refractivity contribution is 5.87. The molecule has 0 bridgehead atoms. The lowest BCUT2D eigenvalue weighted by Crippen LogP contribution is -2.11. The van der Waals surface area contributed by atoms with Crippen LogP contribution in [0.25, 0.3) is 0 Å². The molecule has 0 atom stereocenters. The van der Waals surface area contributed by atoms with Crippen LogP contribution in [0.15, 0.2) is 24.3 Å². The van der Waals surface area contributed by atoms with Crippen LogP contribution in [-0.4, -0.2) is 37.1 Å². The first-order chi connectivity index (χ1) is 18.7. The largest absolute Gasteiger partial charge is 0.462 e. The third-order valence-electron chi connectivity index (χ3n) is 6.44. The minimum atomic E-state index is -0.401. The average Bonchev–Trinajstić information content (AvgIpc) is 2.89. The van der Waals surface area contributed by atoms with Crippen LogP contribution in [-0.2, 0) is 33.4 Å². The summed E-state index contributed by atoms with van der Waals surface area (Å²) in [5.41, 5.74) is 0.879. The number of esters is 4. The SMILES string of the molecule is C=C(C)C(=O)OCCCCCCCCCCCC(=O)OC(=O)CCCCCCCCCCCOC(=O)C(=C)C. The smallest absolute Gasteiger partial charge is 0.333 e. The van der Waals surface area contributed by atoms with E-state index in [-0.39, 0.29) is 11.9 Å². The molecule has 0 aliphatic heterocycles. The van der Waals surface area contributed by atoms with Crippen LogP contribution < -0.4 is 0 Å². The van der Waals surface area contributed by atoms with Crippen molar-refractivity contribution in [2.75, 3.05) is 13.2 Å². The summed E-state index contributed by atoms with van der Waals surface area (Å²) < 4.78 is 15.1. The highest BCUT2D eigenvalue weighted by Crippen LogP contribution is 2.13. The first-order valence-electron chi connectivity index (χ1n) is 15.1. The molecule has 0 heterocycles. The maximum Gasteiger partial charge on any atom is 0.333 e. The normalized spacial score (nSPS) is 10.6. The van der Waals surface area contributed by atoms with Gasteiger partial charge in [-0.25, -0.2) is 9.59 Å². The molecule has 0 aliphatic carbocycles. The van der Waals surface area contributed by atoms with E-state index in [0.29, 0.717) is 37.2 Å². The van der Waals surface area contributed by atoms with Crippen molar-refractivity contribution in [3.63, 3.8) is 0 Å². The molecule has 0 unspecified atom stereocenters. The van der Waals surface area contributed by atoms with Gasteiger partial charge in [-0.15, -0.1) is 0 Å². The van der Waals surface area contributed by atoms with Crippen LogP contribution in [0.5, 0.6) is 0 Å². The molecule has 0 saturated heterocycles. The first-order valence-corrected chi connectivity index (χ1v) is 15.1. The summed E-state index contributed by atoms with van der Waals surface area (Å²) in [7, 11) is 0. The van der Waals surface area contributed by atoms with Crippen molar-refractivity contribution in [1.82, 2.24) is 0 Å². The third kappa shape index (κ3) is 25.6. The van der Waals surface area contributed by atoms with Crippen molar-refractivity contribution in [3.8, 4) is 0 Å². The van der Waals surface area contributed by atoms with Crippen LogP contribution in [0.1, 0.15) is 142 Å². The Hall–Kier alpha value is -2.44. The standard InChI is InChI=1S/C32H54O7/c1-27(2)31(35)37-25-21-17-13-9-5-7-11-15-19-23-29(33)39-30(34)24-20-16-12-8-6-10-14-18-22-26-38-32(36)28(3)4/h1,3,5-26H2,2,4H3. The number of hydrogen-bond donors (Lipinski definition) is 0. The van der Waals surface area contributed by atoms with Crippen molar-refractivity contribution in [2.45, 2.75) is 142 Å². The second kappa shape index (κ2) is 25.8. The Morgan fingerprint density at radius 2 is 0.692 bits per heavy atom. The number of rotatable bonds is 26. The van der Waals surface area contributed by atoms with E-state index in [1.807, 2.05) is 0 Å². The van der Waals surface area contributed by atoms with Gasteiger partial charge in [-0.3, -0.25) is 9.59 Å². The molecule has 0 aromatic heterocycles. The minimum Gasteiger partial charge on any atom is -0.462 e. The van der Waals surface area contributed by atoms with Crippen LogP contribution >= 0.6 is 0 Å². The molecule has 0 fully saturated rings. The van der Waals surface area contributed by atoms with Gasteiger partial charge in [0.05, 0.1) is 13.2 Å². The van der Waals surface area contributed by atoms with Gasteiger partial charge in [0.2, 0.25) is 0 Å². The van der Waals surface area contributed by atoms with Crippen molar-refractivity contribution in [1.29, 1.82) is 0 Å². The van der Waals surface area contributed by atoms with Gasteiger partial charge in [0.1, 0.15) is 0 Å². The number of carbonyl (C=O) groups excluding carboxylic acids is 4. The van der Waals surface area contributed by atoms with Crippen molar-refractivity contribution < 1.29 is 33.4 Å². The summed E-state index contributed by atoms with van der Waals surface area (Å²) in [6.45, 7) is 11.3. The van der Waals surface area contributed by atoms with Crippen molar-refractivity contribution in [2.24, 2.45) is 0 Å². The van der Waals surface area contributed by atoms with E-state index in [0.717, 1.165) is 89.9 Å². The van der Waals surface area contributed by atoms with E-state index >= 15 is 0 Å². The van der Waals surface area contributed by atoms with Gasteiger partial charge in [-0.2, -0.15) is 0 Å². The van der Waals surface area contributed by atoms with Crippen LogP contribution in [0.2, 0.25) is 0 Å². The minimum absolute atomic E-state index is 0.310. The van der Waals surface area contributed by atoms with Crippen molar-refractivity contribution >= 4 is 23.9 Å². The fourth-order valence-corrected chi connectivity index (χ4v) is 4.02.